The van der Waals surface area contributed by atoms with Crippen molar-refractivity contribution in [3.05, 3.63) is 77.2 Å². The first-order valence-corrected chi connectivity index (χ1v) is 8.27. The number of methoxy groups -OCH3 is 1. The van der Waals surface area contributed by atoms with Gasteiger partial charge in [-0.1, -0.05) is 11.6 Å². The maximum absolute atomic E-state index is 12.5. The maximum atomic E-state index is 12.5. The molecule has 3 aromatic rings. The van der Waals surface area contributed by atoms with E-state index in [1.54, 1.807) is 48.9 Å². The normalized spacial score (nSPS) is 10.2. The summed E-state index contributed by atoms with van der Waals surface area (Å²) in [4.78, 5) is 20.7. The Morgan fingerprint density at radius 2 is 1.92 bits per heavy atom. The van der Waals surface area contributed by atoms with Crippen LogP contribution in [0.25, 0.3) is 0 Å². The number of nitrogens with one attached hydrogen (secondary N) is 2. The summed E-state index contributed by atoms with van der Waals surface area (Å²) in [6.07, 6.45) is 5.05. The standard InChI is InChI=1S/C19H17ClN4O2/c1-26-17-3-2-15(11-16(17)20)24-19(25)14-6-9-22-18(10-14)23-12-13-4-7-21-8-5-13/h2-11H,12H2,1H3,(H,22,23)(H,24,25). The van der Waals surface area contributed by atoms with E-state index in [1.807, 2.05) is 12.1 Å². The molecular weight excluding hydrogens is 352 g/mol. The van der Waals surface area contributed by atoms with Crippen molar-refractivity contribution in [3.63, 3.8) is 0 Å². The van der Waals surface area contributed by atoms with E-state index in [0.717, 1.165) is 5.56 Å². The van der Waals surface area contributed by atoms with Crippen LogP contribution in [0.5, 0.6) is 5.75 Å². The number of anilines is 2. The second-order valence-corrected chi connectivity index (χ2v) is 5.85. The van der Waals surface area contributed by atoms with E-state index in [0.29, 0.717) is 34.4 Å². The zero-order chi connectivity index (χ0) is 18.4. The first-order valence-electron chi connectivity index (χ1n) is 7.89. The third-order valence-electron chi connectivity index (χ3n) is 3.65. The minimum Gasteiger partial charge on any atom is -0.495 e. The lowest BCUT2D eigenvalue weighted by molar-refractivity contribution is 0.102. The Kier molecular flexibility index (Phi) is 5.66. The Labute approximate surface area is 156 Å². The Morgan fingerprint density at radius 1 is 1.12 bits per heavy atom. The summed E-state index contributed by atoms with van der Waals surface area (Å²) in [6.45, 7) is 0.592. The average molecular weight is 369 g/mol. The van der Waals surface area contributed by atoms with Gasteiger partial charge in [-0.15, -0.1) is 0 Å². The van der Waals surface area contributed by atoms with Crippen molar-refractivity contribution in [2.45, 2.75) is 6.54 Å². The molecule has 2 heterocycles. The van der Waals surface area contributed by atoms with Crippen molar-refractivity contribution < 1.29 is 9.53 Å². The van der Waals surface area contributed by atoms with Crippen LogP contribution in [0.15, 0.2) is 61.1 Å². The van der Waals surface area contributed by atoms with E-state index >= 15 is 0 Å². The summed E-state index contributed by atoms with van der Waals surface area (Å²) >= 11 is 6.08. The fourth-order valence-electron chi connectivity index (χ4n) is 2.31. The molecule has 6 nitrogen and oxygen atoms in total. The van der Waals surface area contributed by atoms with E-state index in [-0.39, 0.29) is 5.91 Å². The summed E-state index contributed by atoms with van der Waals surface area (Å²) in [5, 5.41) is 6.43. The van der Waals surface area contributed by atoms with Gasteiger partial charge in [0.2, 0.25) is 0 Å². The molecule has 0 aliphatic rings. The Balaban J connectivity index is 1.67. The lowest BCUT2D eigenvalue weighted by Crippen LogP contribution is -2.13. The molecule has 0 radical (unpaired) electrons. The lowest BCUT2D eigenvalue weighted by atomic mass is 10.2. The van der Waals surface area contributed by atoms with Gasteiger partial charge in [0, 0.05) is 36.4 Å². The molecule has 3 rings (SSSR count). The number of hydrogen-bond acceptors (Lipinski definition) is 5. The summed E-state index contributed by atoms with van der Waals surface area (Å²) in [7, 11) is 1.54. The van der Waals surface area contributed by atoms with Gasteiger partial charge in [0.1, 0.15) is 11.6 Å². The van der Waals surface area contributed by atoms with Crippen LogP contribution >= 0.6 is 11.6 Å². The molecule has 0 saturated heterocycles. The van der Waals surface area contributed by atoms with Gasteiger partial charge in [0.15, 0.2) is 0 Å². The molecule has 0 aliphatic carbocycles. The number of halogens is 1. The van der Waals surface area contributed by atoms with Gasteiger partial charge in [0.05, 0.1) is 12.1 Å². The topological polar surface area (TPSA) is 76.1 Å². The molecule has 0 atom stereocenters. The predicted molar refractivity (Wildman–Crippen MR) is 102 cm³/mol. The molecule has 132 valence electrons. The molecule has 0 spiro atoms. The van der Waals surface area contributed by atoms with Gasteiger partial charge in [-0.2, -0.15) is 0 Å². The van der Waals surface area contributed by atoms with Gasteiger partial charge < -0.3 is 15.4 Å². The highest BCUT2D eigenvalue weighted by atomic mass is 35.5. The fraction of sp³-hybridized carbons (Fsp3) is 0.105. The van der Waals surface area contributed by atoms with Crippen molar-refractivity contribution in [3.8, 4) is 5.75 Å². The molecule has 0 unspecified atom stereocenters. The van der Waals surface area contributed by atoms with Crippen molar-refractivity contribution >= 4 is 29.0 Å². The number of nitrogens with zero attached hydrogens (tertiary/aromatic N) is 2. The Bertz CT molecular complexity index is 903. The van der Waals surface area contributed by atoms with E-state index in [1.165, 1.54) is 7.11 Å². The first kappa shape index (κ1) is 17.7. The van der Waals surface area contributed by atoms with Crippen molar-refractivity contribution in [1.82, 2.24) is 9.97 Å². The van der Waals surface area contributed by atoms with E-state index < -0.39 is 0 Å². The number of ether oxygens (including phenoxy) is 1. The lowest BCUT2D eigenvalue weighted by Gasteiger charge is -2.10. The number of pyridine rings is 2. The molecule has 1 amide bonds. The molecule has 2 aromatic heterocycles. The second-order valence-electron chi connectivity index (χ2n) is 5.44. The summed E-state index contributed by atoms with van der Waals surface area (Å²) in [6, 6.07) is 12.2. The Morgan fingerprint density at radius 3 is 2.65 bits per heavy atom. The van der Waals surface area contributed by atoms with E-state index in [2.05, 4.69) is 20.6 Å². The molecule has 0 saturated carbocycles. The number of hydrogen-bond donors (Lipinski definition) is 2. The highest BCUT2D eigenvalue weighted by molar-refractivity contribution is 6.32. The Hall–Kier alpha value is -3.12. The summed E-state index contributed by atoms with van der Waals surface area (Å²) in [5.74, 6) is 0.916. The maximum Gasteiger partial charge on any atom is 0.255 e. The average Bonchev–Trinajstić information content (AvgIpc) is 2.67. The summed E-state index contributed by atoms with van der Waals surface area (Å²) < 4.78 is 5.10. The van der Waals surface area contributed by atoms with Crippen LogP contribution in [0.1, 0.15) is 15.9 Å². The zero-order valence-corrected chi connectivity index (χ0v) is 14.8. The molecule has 26 heavy (non-hydrogen) atoms. The zero-order valence-electron chi connectivity index (χ0n) is 14.1. The molecular formula is C19H17ClN4O2. The largest absolute Gasteiger partial charge is 0.495 e. The quantitative estimate of drug-likeness (QED) is 0.687. The molecule has 0 bridgehead atoms. The number of rotatable bonds is 6. The van der Waals surface area contributed by atoms with Crippen LogP contribution in [0.4, 0.5) is 11.5 Å². The van der Waals surface area contributed by atoms with Gasteiger partial charge in [-0.3, -0.25) is 9.78 Å². The third-order valence-corrected chi connectivity index (χ3v) is 3.95. The van der Waals surface area contributed by atoms with Crippen LogP contribution in [0.2, 0.25) is 5.02 Å². The van der Waals surface area contributed by atoms with Crippen LogP contribution < -0.4 is 15.4 Å². The van der Waals surface area contributed by atoms with Crippen LogP contribution in [0.3, 0.4) is 0 Å². The number of aromatic nitrogens is 2. The van der Waals surface area contributed by atoms with Crippen molar-refractivity contribution in [1.29, 1.82) is 0 Å². The van der Waals surface area contributed by atoms with Crippen LogP contribution in [-0.4, -0.2) is 23.0 Å². The third kappa shape index (κ3) is 4.49. The molecule has 2 N–H and O–H groups in total. The number of carbonyl (C=O) groups excluding carboxylic acids is 1. The smallest absolute Gasteiger partial charge is 0.255 e. The minimum atomic E-state index is -0.249. The first-order chi connectivity index (χ1) is 12.7. The van der Waals surface area contributed by atoms with Crippen molar-refractivity contribution in [2.24, 2.45) is 0 Å². The number of carbonyl (C=O) groups is 1. The number of amides is 1. The fourth-order valence-corrected chi connectivity index (χ4v) is 2.57. The molecule has 0 aliphatic heterocycles. The highest BCUT2D eigenvalue weighted by Gasteiger charge is 2.09. The van der Waals surface area contributed by atoms with Crippen LogP contribution in [0, 0.1) is 0 Å². The van der Waals surface area contributed by atoms with Crippen molar-refractivity contribution in [2.75, 3.05) is 17.7 Å². The summed E-state index contributed by atoms with van der Waals surface area (Å²) in [5.41, 5.74) is 2.15. The van der Waals surface area contributed by atoms with Gasteiger partial charge in [-0.25, -0.2) is 4.98 Å². The monoisotopic (exact) mass is 368 g/mol. The molecule has 1 aromatic carbocycles. The highest BCUT2D eigenvalue weighted by Crippen LogP contribution is 2.27. The molecule has 7 heteroatoms. The van der Waals surface area contributed by atoms with Gasteiger partial charge in [-0.05, 0) is 48.0 Å². The molecule has 0 fully saturated rings. The second kappa shape index (κ2) is 8.31. The van der Waals surface area contributed by atoms with E-state index in [9.17, 15) is 4.79 Å². The van der Waals surface area contributed by atoms with Gasteiger partial charge >= 0.3 is 0 Å². The van der Waals surface area contributed by atoms with Gasteiger partial charge in [0.25, 0.3) is 5.91 Å². The SMILES string of the molecule is COc1ccc(NC(=O)c2ccnc(NCc3ccncc3)c2)cc1Cl. The van der Waals surface area contributed by atoms with Crippen LogP contribution in [-0.2, 0) is 6.54 Å². The number of benzene rings is 1. The van der Waals surface area contributed by atoms with E-state index in [4.69, 9.17) is 16.3 Å². The minimum absolute atomic E-state index is 0.249. The predicted octanol–water partition coefficient (Wildman–Crippen LogP) is 4.00.